The zero-order valence-electron chi connectivity index (χ0n) is 10.2. The molecule has 1 aliphatic rings. The predicted molar refractivity (Wildman–Crippen MR) is 67.9 cm³/mol. The van der Waals surface area contributed by atoms with Gasteiger partial charge in [0.05, 0.1) is 12.1 Å². The van der Waals surface area contributed by atoms with Crippen LogP contribution in [0, 0.1) is 0 Å². The van der Waals surface area contributed by atoms with Crippen LogP contribution in [0.5, 0.6) is 0 Å². The van der Waals surface area contributed by atoms with Crippen molar-refractivity contribution in [2.75, 3.05) is 11.9 Å². The van der Waals surface area contributed by atoms with Gasteiger partial charge in [0.25, 0.3) is 0 Å². The van der Waals surface area contributed by atoms with Crippen LogP contribution in [0.15, 0.2) is 24.3 Å². The molecule has 0 radical (unpaired) electrons. The van der Waals surface area contributed by atoms with E-state index in [2.05, 4.69) is 43.1 Å². The molecule has 1 fully saturated rings. The molecular formula is C14H21NO. The van der Waals surface area contributed by atoms with Crippen LogP contribution in [-0.4, -0.2) is 24.3 Å². The van der Waals surface area contributed by atoms with Crippen molar-refractivity contribution >= 4 is 5.69 Å². The number of benzene rings is 1. The molecule has 0 bridgehead atoms. The van der Waals surface area contributed by atoms with Crippen LogP contribution in [-0.2, 0) is 6.42 Å². The van der Waals surface area contributed by atoms with Gasteiger partial charge in [0.2, 0.25) is 0 Å². The Labute approximate surface area is 97.9 Å². The SMILES string of the molecule is CCc1ccc(N(C)[C@H]2CCC[C@@H]2O)cc1. The fourth-order valence-electron chi connectivity index (χ4n) is 2.53. The number of nitrogens with zero attached hydrogens (tertiary/aromatic N) is 1. The summed E-state index contributed by atoms with van der Waals surface area (Å²) in [7, 11) is 2.08. The van der Waals surface area contributed by atoms with Gasteiger partial charge < -0.3 is 10.0 Å². The molecule has 16 heavy (non-hydrogen) atoms. The van der Waals surface area contributed by atoms with Crippen molar-refractivity contribution in [2.45, 2.75) is 44.8 Å². The second-order valence-electron chi connectivity index (χ2n) is 4.70. The van der Waals surface area contributed by atoms with Gasteiger partial charge in [-0.15, -0.1) is 0 Å². The summed E-state index contributed by atoms with van der Waals surface area (Å²) in [5.74, 6) is 0. The molecule has 0 saturated heterocycles. The molecule has 0 spiro atoms. The van der Waals surface area contributed by atoms with E-state index in [0.29, 0.717) is 6.04 Å². The van der Waals surface area contributed by atoms with E-state index in [0.717, 1.165) is 25.7 Å². The van der Waals surface area contributed by atoms with E-state index in [-0.39, 0.29) is 6.10 Å². The third kappa shape index (κ3) is 2.22. The third-order valence-electron chi connectivity index (χ3n) is 3.69. The lowest BCUT2D eigenvalue weighted by molar-refractivity contribution is 0.163. The highest BCUT2D eigenvalue weighted by Crippen LogP contribution is 2.27. The van der Waals surface area contributed by atoms with Crippen molar-refractivity contribution in [3.8, 4) is 0 Å². The summed E-state index contributed by atoms with van der Waals surface area (Å²) >= 11 is 0. The fourth-order valence-corrected chi connectivity index (χ4v) is 2.53. The molecule has 1 aromatic rings. The number of rotatable bonds is 3. The van der Waals surface area contributed by atoms with Crippen molar-refractivity contribution in [1.29, 1.82) is 0 Å². The molecule has 1 N–H and O–H groups in total. The van der Waals surface area contributed by atoms with E-state index in [9.17, 15) is 5.11 Å². The minimum atomic E-state index is -0.157. The van der Waals surface area contributed by atoms with Crippen LogP contribution in [0.2, 0.25) is 0 Å². The molecule has 0 unspecified atom stereocenters. The largest absolute Gasteiger partial charge is 0.391 e. The minimum absolute atomic E-state index is 0.157. The smallest absolute Gasteiger partial charge is 0.0743 e. The van der Waals surface area contributed by atoms with Gasteiger partial charge in [-0.3, -0.25) is 0 Å². The van der Waals surface area contributed by atoms with Crippen molar-refractivity contribution < 1.29 is 5.11 Å². The fraction of sp³-hybridized carbons (Fsp3) is 0.571. The highest BCUT2D eigenvalue weighted by Gasteiger charge is 2.28. The van der Waals surface area contributed by atoms with Gasteiger partial charge >= 0.3 is 0 Å². The van der Waals surface area contributed by atoms with Crippen LogP contribution in [0.25, 0.3) is 0 Å². The van der Waals surface area contributed by atoms with Gasteiger partial charge in [0.15, 0.2) is 0 Å². The van der Waals surface area contributed by atoms with Gasteiger partial charge in [0, 0.05) is 12.7 Å². The summed E-state index contributed by atoms with van der Waals surface area (Å²) in [6.07, 6.45) is 4.12. The van der Waals surface area contributed by atoms with Crippen LogP contribution < -0.4 is 4.90 Å². The van der Waals surface area contributed by atoms with Crippen LogP contribution >= 0.6 is 0 Å². The maximum atomic E-state index is 9.88. The van der Waals surface area contributed by atoms with Gasteiger partial charge in [-0.1, -0.05) is 19.1 Å². The van der Waals surface area contributed by atoms with Crippen LogP contribution in [0.1, 0.15) is 31.7 Å². The van der Waals surface area contributed by atoms with Crippen molar-refractivity contribution in [2.24, 2.45) is 0 Å². The molecule has 1 aliphatic carbocycles. The maximum absolute atomic E-state index is 9.88. The van der Waals surface area contributed by atoms with E-state index in [1.807, 2.05) is 0 Å². The molecule has 0 aromatic heterocycles. The van der Waals surface area contributed by atoms with E-state index in [1.165, 1.54) is 11.3 Å². The molecule has 2 heteroatoms. The zero-order valence-corrected chi connectivity index (χ0v) is 10.2. The third-order valence-corrected chi connectivity index (χ3v) is 3.69. The van der Waals surface area contributed by atoms with E-state index in [4.69, 9.17) is 0 Å². The van der Waals surface area contributed by atoms with Crippen LogP contribution in [0.4, 0.5) is 5.69 Å². The Morgan fingerprint density at radius 1 is 1.25 bits per heavy atom. The molecule has 2 rings (SSSR count). The standard InChI is InChI=1S/C14H21NO/c1-3-11-7-9-12(10-8-11)15(2)13-5-4-6-14(13)16/h7-10,13-14,16H,3-6H2,1-2H3/t13-,14-/m0/s1. The Morgan fingerprint density at radius 3 is 2.44 bits per heavy atom. The molecule has 2 nitrogen and oxygen atoms in total. The summed E-state index contributed by atoms with van der Waals surface area (Å²) in [5.41, 5.74) is 2.58. The highest BCUT2D eigenvalue weighted by molar-refractivity contribution is 5.48. The maximum Gasteiger partial charge on any atom is 0.0743 e. The molecule has 2 atom stereocenters. The van der Waals surface area contributed by atoms with Gasteiger partial charge in [-0.05, 0) is 43.4 Å². The van der Waals surface area contributed by atoms with Crippen molar-refractivity contribution in [3.63, 3.8) is 0 Å². The van der Waals surface area contributed by atoms with E-state index >= 15 is 0 Å². The number of aryl methyl sites for hydroxylation is 1. The molecular weight excluding hydrogens is 198 g/mol. The first-order valence-electron chi connectivity index (χ1n) is 6.22. The predicted octanol–water partition coefficient (Wildman–Crippen LogP) is 2.60. The lowest BCUT2D eigenvalue weighted by Crippen LogP contribution is -2.37. The summed E-state index contributed by atoms with van der Waals surface area (Å²) in [6.45, 7) is 2.17. The lowest BCUT2D eigenvalue weighted by atomic mass is 10.1. The Hall–Kier alpha value is -1.02. The van der Waals surface area contributed by atoms with E-state index in [1.54, 1.807) is 0 Å². The van der Waals surface area contributed by atoms with Crippen molar-refractivity contribution in [1.82, 2.24) is 0 Å². The van der Waals surface area contributed by atoms with Crippen LogP contribution in [0.3, 0.4) is 0 Å². The monoisotopic (exact) mass is 219 g/mol. The number of anilines is 1. The summed E-state index contributed by atoms with van der Waals surface area (Å²) in [6, 6.07) is 8.96. The Balaban J connectivity index is 2.10. The molecule has 1 aromatic carbocycles. The molecule has 1 saturated carbocycles. The first kappa shape index (κ1) is 11.5. The highest BCUT2D eigenvalue weighted by atomic mass is 16.3. The lowest BCUT2D eigenvalue weighted by Gasteiger charge is -2.29. The Kier molecular flexibility index (Phi) is 3.49. The molecule has 88 valence electrons. The van der Waals surface area contributed by atoms with Crippen molar-refractivity contribution in [3.05, 3.63) is 29.8 Å². The van der Waals surface area contributed by atoms with Gasteiger partial charge in [-0.25, -0.2) is 0 Å². The topological polar surface area (TPSA) is 23.5 Å². The molecule has 0 amide bonds. The Bertz CT molecular complexity index is 333. The second-order valence-corrected chi connectivity index (χ2v) is 4.70. The summed E-state index contributed by atoms with van der Waals surface area (Å²) in [4.78, 5) is 2.22. The zero-order chi connectivity index (χ0) is 11.5. The number of hydrogen-bond acceptors (Lipinski definition) is 2. The number of aliphatic hydroxyl groups excluding tert-OH is 1. The second kappa shape index (κ2) is 4.88. The first-order chi connectivity index (χ1) is 7.72. The number of hydrogen-bond donors (Lipinski definition) is 1. The average Bonchev–Trinajstić information content (AvgIpc) is 2.75. The summed E-state index contributed by atoms with van der Waals surface area (Å²) in [5, 5.41) is 9.88. The minimum Gasteiger partial charge on any atom is -0.391 e. The van der Waals surface area contributed by atoms with Gasteiger partial charge in [0.1, 0.15) is 0 Å². The quantitative estimate of drug-likeness (QED) is 0.844. The summed E-state index contributed by atoms with van der Waals surface area (Å²) < 4.78 is 0. The Morgan fingerprint density at radius 2 is 1.94 bits per heavy atom. The van der Waals surface area contributed by atoms with E-state index < -0.39 is 0 Å². The normalized spacial score (nSPS) is 24.7. The molecule has 0 heterocycles. The van der Waals surface area contributed by atoms with Gasteiger partial charge in [-0.2, -0.15) is 0 Å². The number of likely N-dealkylation sites (N-methyl/N-ethyl adjacent to an activating group) is 1. The average molecular weight is 219 g/mol. The first-order valence-corrected chi connectivity index (χ1v) is 6.22. The number of aliphatic hydroxyl groups is 1. The molecule has 0 aliphatic heterocycles.